The van der Waals surface area contributed by atoms with Crippen LogP contribution < -0.4 is 15.4 Å². The molecule has 148 valence electrons. The zero-order valence-corrected chi connectivity index (χ0v) is 16.2. The van der Waals surface area contributed by atoms with Gasteiger partial charge >= 0.3 is 0 Å². The molecule has 1 amide bonds. The molecule has 0 saturated carbocycles. The van der Waals surface area contributed by atoms with E-state index in [-0.39, 0.29) is 23.5 Å². The minimum absolute atomic E-state index is 0.0322. The summed E-state index contributed by atoms with van der Waals surface area (Å²) < 4.78 is 20.1. The van der Waals surface area contributed by atoms with Crippen molar-refractivity contribution in [3.8, 4) is 5.75 Å². The normalized spacial score (nSPS) is 17.2. The van der Waals surface area contributed by atoms with Gasteiger partial charge in [0.1, 0.15) is 5.82 Å². The minimum atomic E-state index is -0.364. The number of ether oxygens (including phenoxy) is 1. The van der Waals surface area contributed by atoms with Crippen molar-refractivity contribution in [1.29, 1.82) is 0 Å². The summed E-state index contributed by atoms with van der Waals surface area (Å²) in [6, 6.07) is 6.64. The van der Waals surface area contributed by atoms with Crippen LogP contribution in [-0.2, 0) is 6.54 Å². The minimum Gasteiger partial charge on any atom is -0.490 e. The van der Waals surface area contributed by atoms with Crippen LogP contribution in [0.25, 0.3) is 0 Å². The molecule has 1 aromatic heterocycles. The molecule has 1 atom stereocenters. The summed E-state index contributed by atoms with van der Waals surface area (Å²) in [6.07, 6.45) is 1.64. The molecular formula is C21H25FN4O2. The van der Waals surface area contributed by atoms with Crippen LogP contribution in [-0.4, -0.2) is 42.0 Å². The number of anilines is 1. The van der Waals surface area contributed by atoms with Gasteiger partial charge in [-0.1, -0.05) is 6.07 Å². The predicted octanol–water partition coefficient (Wildman–Crippen LogP) is 2.97. The number of amides is 1. The van der Waals surface area contributed by atoms with Gasteiger partial charge in [-0.15, -0.1) is 0 Å². The maximum atomic E-state index is 14.5. The summed E-state index contributed by atoms with van der Waals surface area (Å²) in [5, 5.41) is 6.51. The maximum Gasteiger partial charge on any atom is 0.254 e. The lowest BCUT2D eigenvalue weighted by Gasteiger charge is -2.27. The average molecular weight is 384 g/mol. The first-order valence-corrected chi connectivity index (χ1v) is 9.73. The van der Waals surface area contributed by atoms with Crippen LogP contribution in [0.4, 0.5) is 10.2 Å². The second-order valence-electron chi connectivity index (χ2n) is 7.40. The van der Waals surface area contributed by atoms with Crippen LogP contribution in [0.15, 0.2) is 30.5 Å². The van der Waals surface area contributed by atoms with Gasteiger partial charge in [0.2, 0.25) is 0 Å². The number of fused-ring (bicyclic) bond motifs is 1. The van der Waals surface area contributed by atoms with E-state index in [1.165, 1.54) is 6.07 Å². The van der Waals surface area contributed by atoms with E-state index in [9.17, 15) is 9.18 Å². The zero-order valence-electron chi connectivity index (χ0n) is 16.2. The van der Waals surface area contributed by atoms with Crippen molar-refractivity contribution < 1.29 is 13.9 Å². The summed E-state index contributed by atoms with van der Waals surface area (Å²) in [6.45, 7) is 7.49. The van der Waals surface area contributed by atoms with Crippen molar-refractivity contribution in [3.63, 3.8) is 0 Å². The Hall–Kier alpha value is -2.67. The molecule has 0 spiro atoms. The molecule has 0 bridgehead atoms. The summed E-state index contributed by atoms with van der Waals surface area (Å²) in [5.41, 5.74) is 2.38. The number of halogens is 1. The van der Waals surface area contributed by atoms with Crippen LogP contribution in [0.2, 0.25) is 0 Å². The van der Waals surface area contributed by atoms with Crippen molar-refractivity contribution in [1.82, 2.24) is 15.2 Å². The van der Waals surface area contributed by atoms with E-state index in [2.05, 4.69) is 15.6 Å². The van der Waals surface area contributed by atoms with Gasteiger partial charge in [-0.2, -0.15) is 0 Å². The average Bonchev–Trinajstić information content (AvgIpc) is 2.99. The van der Waals surface area contributed by atoms with Gasteiger partial charge in [0.25, 0.3) is 5.91 Å². The fraction of sp³-hybridized carbons (Fsp3) is 0.429. The molecule has 1 saturated heterocycles. The van der Waals surface area contributed by atoms with E-state index in [4.69, 9.17) is 4.74 Å². The number of hydrogen-bond donors (Lipinski definition) is 2. The molecule has 2 N–H and O–H groups in total. The van der Waals surface area contributed by atoms with Gasteiger partial charge < -0.3 is 20.3 Å². The highest BCUT2D eigenvalue weighted by Crippen LogP contribution is 2.30. The third-order valence-corrected chi connectivity index (χ3v) is 5.45. The van der Waals surface area contributed by atoms with E-state index in [0.29, 0.717) is 37.0 Å². The number of pyridine rings is 1. The molecule has 4 rings (SSSR count). The molecule has 2 aliphatic rings. The Kier molecular flexibility index (Phi) is 5.17. The Morgan fingerprint density at radius 1 is 1.39 bits per heavy atom. The Morgan fingerprint density at radius 3 is 2.89 bits per heavy atom. The number of carbonyl (C=O) groups is 1. The fourth-order valence-electron chi connectivity index (χ4n) is 3.53. The van der Waals surface area contributed by atoms with Gasteiger partial charge in [0.15, 0.2) is 11.6 Å². The second-order valence-corrected chi connectivity index (χ2v) is 7.40. The number of hydrogen-bond acceptors (Lipinski definition) is 5. The van der Waals surface area contributed by atoms with E-state index in [0.717, 1.165) is 24.2 Å². The molecular weight excluding hydrogens is 359 g/mol. The fourth-order valence-corrected chi connectivity index (χ4v) is 3.53. The molecule has 0 radical (unpaired) electrons. The van der Waals surface area contributed by atoms with Crippen LogP contribution in [0.5, 0.6) is 5.75 Å². The molecule has 7 heteroatoms. The Labute approximate surface area is 164 Å². The summed E-state index contributed by atoms with van der Waals surface area (Å²) in [7, 11) is 0. The Bertz CT molecular complexity index is 885. The van der Waals surface area contributed by atoms with E-state index in [1.54, 1.807) is 23.2 Å². The lowest BCUT2D eigenvalue weighted by molar-refractivity contribution is 0.0787. The first-order valence-electron chi connectivity index (χ1n) is 9.73. The Balaban J connectivity index is 1.46. The van der Waals surface area contributed by atoms with E-state index >= 15 is 0 Å². The number of rotatable bonds is 7. The van der Waals surface area contributed by atoms with Crippen molar-refractivity contribution in [2.45, 2.75) is 26.4 Å². The van der Waals surface area contributed by atoms with Crippen molar-refractivity contribution >= 4 is 11.7 Å². The largest absolute Gasteiger partial charge is 0.490 e. The summed E-state index contributed by atoms with van der Waals surface area (Å²) >= 11 is 0. The zero-order chi connectivity index (χ0) is 19.7. The topological polar surface area (TPSA) is 66.5 Å². The highest BCUT2D eigenvalue weighted by atomic mass is 19.1. The lowest BCUT2D eigenvalue weighted by atomic mass is 10.1. The third kappa shape index (κ3) is 3.54. The standard InChI is InChI=1S/C21H25FN4O2/c1-3-26-11-17-16(21(26)27)6-7-24-20(17)25-13(2)15-4-5-19(18(22)8-15)28-12-14-9-23-10-14/h4-8,13-14,23H,3,9-12H2,1-2H3,(H,24,25)/t13-/m0/s1. The van der Waals surface area contributed by atoms with Gasteiger partial charge in [0, 0.05) is 42.9 Å². The van der Waals surface area contributed by atoms with Gasteiger partial charge in [-0.3, -0.25) is 4.79 Å². The first kappa shape index (κ1) is 18.7. The number of nitrogens with one attached hydrogen (secondary N) is 2. The molecule has 3 heterocycles. The molecule has 1 fully saturated rings. The number of carbonyl (C=O) groups excluding carboxylic acids is 1. The first-order chi connectivity index (χ1) is 13.6. The van der Waals surface area contributed by atoms with Gasteiger partial charge in [-0.25, -0.2) is 9.37 Å². The number of benzene rings is 1. The molecule has 2 aliphatic heterocycles. The molecule has 1 aromatic carbocycles. The van der Waals surface area contributed by atoms with Crippen LogP contribution >= 0.6 is 0 Å². The maximum absolute atomic E-state index is 14.5. The Morgan fingerprint density at radius 2 is 2.21 bits per heavy atom. The van der Waals surface area contributed by atoms with E-state index in [1.807, 2.05) is 19.9 Å². The van der Waals surface area contributed by atoms with Crippen molar-refractivity contribution in [2.24, 2.45) is 5.92 Å². The molecule has 6 nitrogen and oxygen atoms in total. The van der Waals surface area contributed by atoms with Crippen LogP contribution in [0, 0.1) is 11.7 Å². The number of aromatic nitrogens is 1. The van der Waals surface area contributed by atoms with E-state index < -0.39 is 0 Å². The van der Waals surface area contributed by atoms with Crippen LogP contribution in [0.3, 0.4) is 0 Å². The molecule has 0 unspecified atom stereocenters. The van der Waals surface area contributed by atoms with Crippen LogP contribution in [0.1, 0.15) is 41.4 Å². The summed E-state index contributed by atoms with van der Waals surface area (Å²) in [5.74, 6) is 1.08. The highest BCUT2D eigenvalue weighted by molar-refractivity contribution is 5.99. The SMILES string of the molecule is CCN1Cc2c(ccnc2N[C@@H](C)c2ccc(OCC3CNC3)c(F)c2)C1=O. The lowest BCUT2D eigenvalue weighted by Crippen LogP contribution is -2.45. The molecule has 0 aliphatic carbocycles. The van der Waals surface area contributed by atoms with Crippen molar-refractivity contribution in [2.75, 3.05) is 31.6 Å². The van der Waals surface area contributed by atoms with Gasteiger partial charge in [-0.05, 0) is 37.6 Å². The number of nitrogens with zero attached hydrogens (tertiary/aromatic N) is 2. The molecule has 2 aromatic rings. The smallest absolute Gasteiger partial charge is 0.254 e. The molecule has 28 heavy (non-hydrogen) atoms. The second kappa shape index (κ2) is 7.75. The predicted molar refractivity (Wildman–Crippen MR) is 105 cm³/mol. The summed E-state index contributed by atoms with van der Waals surface area (Å²) in [4.78, 5) is 18.5. The van der Waals surface area contributed by atoms with Crippen molar-refractivity contribution in [3.05, 3.63) is 53.0 Å². The quantitative estimate of drug-likeness (QED) is 0.768. The third-order valence-electron chi connectivity index (χ3n) is 5.45. The van der Waals surface area contributed by atoms with Gasteiger partial charge in [0.05, 0.1) is 19.2 Å². The highest BCUT2D eigenvalue weighted by Gasteiger charge is 2.29. The monoisotopic (exact) mass is 384 g/mol.